The van der Waals surface area contributed by atoms with E-state index in [9.17, 15) is 0 Å². The molecule has 0 saturated heterocycles. The molecule has 2 rings (SSSR count). The highest BCUT2D eigenvalue weighted by molar-refractivity contribution is 9.10. The Hall–Kier alpha value is -1.23. The van der Waals surface area contributed by atoms with Gasteiger partial charge in [0.25, 0.3) is 0 Å². The van der Waals surface area contributed by atoms with Crippen LogP contribution in [-0.2, 0) is 13.2 Å². The average Bonchev–Trinajstić information content (AvgIpc) is 2.51. The normalized spacial score (nSPS) is 11.4. The van der Waals surface area contributed by atoms with Crippen LogP contribution in [0.5, 0.6) is 11.5 Å². The van der Waals surface area contributed by atoms with Crippen molar-refractivity contribution in [2.75, 3.05) is 7.11 Å². The molecule has 0 spiro atoms. The van der Waals surface area contributed by atoms with Crippen LogP contribution in [-0.4, -0.2) is 12.6 Å². The van der Waals surface area contributed by atoms with Gasteiger partial charge in [-0.05, 0) is 50.6 Å². The summed E-state index contributed by atoms with van der Waals surface area (Å²) in [7, 11) is 1.65. The van der Waals surface area contributed by atoms with Gasteiger partial charge in [0.1, 0.15) is 6.61 Å². The highest BCUT2D eigenvalue weighted by Gasteiger charge is 2.17. The van der Waals surface area contributed by atoms with Crippen molar-refractivity contribution in [2.24, 2.45) is 0 Å². The summed E-state index contributed by atoms with van der Waals surface area (Å²) in [5.74, 6) is 1.45. The predicted molar refractivity (Wildman–Crippen MR) is 103 cm³/mol. The highest BCUT2D eigenvalue weighted by atomic mass is 79.9. The third kappa shape index (κ3) is 5.40. The first-order valence-corrected chi connectivity index (χ1v) is 8.95. The molecule has 130 valence electrons. The molecule has 2 aromatic rings. The van der Waals surface area contributed by atoms with Gasteiger partial charge < -0.3 is 14.8 Å². The van der Waals surface area contributed by atoms with Crippen molar-refractivity contribution in [1.29, 1.82) is 0 Å². The summed E-state index contributed by atoms with van der Waals surface area (Å²) >= 11 is 9.66. The Morgan fingerprint density at radius 1 is 1.17 bits per heavy atom. The second-order valence-electron chi connectivity index (χ2n) is 6.58. The number of ether oxygens (including phenoxy) is 2. The Labute approximate surface area is 157 Å². The highest BCUT2D eigenvalue weighted by Crippen LogP contribution is 2.37. The molecule has 24 heavy (non-hydrogen) atoms. The number of benzene rings is 2. The van der Waals surface area contributed by atoms with Crippen LogP contribution >= 0.6 is 27.5 Å². The fourth-order valence-corrected chi connectivity index (χ4v) is 2.87. The summed E-state index contributed by atoms with van der Waals surface area (Å²) in [6.45, 7) is 7.50. The van der Waals surface area contributed by atoms with Gasteiger partial charge in [-0.3, -0.25) is 0 Å². The van der Waals surface area contributed by atoms with Gasteiger partial charge in [-0.15, -0.1) is 0 Å². The lowest BCUT2D eigenvalue weighted by atomic mass is 10.1. The second-order valence-corrected chi connectivity index (χ2v) is 7.87. The molecule has 0 fully saturated rings. The fourth-order valence-electron chi connectivity index (χ4n) is 2.20. The van der Waals surface area contributed by atoms with Gasteiger partial charge in [-0.2, -0.15) is 0 Å². The van der Waals surface area contributed by atoms with E-state index in [4.69, 9.17) is 21.1 Å². The van der Waals surface area contributed by atoms with Crippen LogP contribution in [0.4, 0.5) is 0 Å². The second kappa shape index (κ2) is 8.24. The fraction of sp³-hybridized carbons (Fsp3) is 0.368. The zero-order valence-electron chi connectivity index (χ0n) is 14.5. The summed E-state index contributed by atoms with van der Waals surface area (Å²) in [6.07, 6.45) is 0. The van der Waals surface area contributed by atoms with Gasteiger partial charge in [-0.1, -0.05) is 39.7 Å². The summed E-state index contributed by atoms with van der Waals surface area (Å²) in [6, 6.07) is 11.5. The van der Waals surface area contributed by atoms with E-state index in [1.165, 1.54) is 0 Å². The number of rotatable bonds is 6. The molecule has 0 saturated carbocycles. The van der Waals surface area contributed by atoms with Crippen molar-refractivity contribution < 1.29 is 9.47 Å². The first-order chi connectivity index (χ1) is 11.3. The topological polar surface area (TPSA) is 30.5 Å². The third-order valence-corrected chi connectivity index (χ3v) is 4.43. The van der Waals surface area contributed by atoms with E-state index in [0.29, 0.717) is 23.9 Å². The van der Waals surface area contributed by atoms with Gasteiger partial charge in [0.2, 0.25) is 0 Å². The van der Waals surface area contributed by atoms with E-state index in [0.717, 1.165) is 21.3 Å². The minimum absolute atomic E-state index is 0.00669. The van der Waals surface area contributed by atoms with Crippen molar-refractivity contribution in [2.45, 2.75) is 39.5 Å². The maximum absolute atomic E-state index is 6.09. The number of methoxy groups -OCH3 is 1. The van der Waals surface area contributed by atoms with E-state index >= 15 is 0 Å². The lowest BCUT2D eigenvalue weighted by molar-refractivity contribution is 0.279. The first kappa shape index (κ1) is 19.1. The minimum Gasteiger partial charge on any atom is -0.493 e. The Morgan fingerprint density at radius 2 is 1.92 bits per heavy atom. The summed E-state index contributed by atoms with van der Waals surface area (Å²) < 4.78 is 12.6. The zero-order chi connectivity index (χ0) is 17.7. The third-order valence-electron chi connectivity index (χ3n) is 3.45. The molecule has 1 N–H and O–H groups in total. The first-order valence-electron chi connectivity index (χ1n) is 7.78. The Bertz CT molecular complexity index is 698. The monoisotopic (exact) mass is 411 g/mol. The number of hydrogen-bond donors (Lipinski definition) is 1. The SMILES string of the molecule is COc1ccc(Br)c(CNC(C)(C)C)c1OCc1cccc(Cl)c1. The van der Waals surface area contributed by atoms with Crippen molar-refractivity contribution in [1.82, 2.24) is 5.32 Å². The average molecular weight is 413 g/mol. The molecule has 0 unspecified atom stereocenters. The molecule has 3 nitrogen and oxygen atoms in total. The maximum atomic E-state index is 6.09. The van der Waals surface area contributed by atoms with Crippen molar-refractivity contribution in [3.05, 3.63) is 57.0 Å². The number of nitrogens with one attached hydrogen (secondary N) is 1. The van der Waals surface area contributed by atoms with E-state index in [-0.39, 0.29) is 5.54 Å². The van der Waals surface area contributed by atoms with Crippen molar-refractivity contribution >= 4 is 27.5 Å². The van der Waals surface area contributed by atoms with Crippen molar-refractivity contribution in [3.8, 4) is 11.5 Å². The zero-order valence-corrected chi connectivity index (χ0v) is 16.8. The van der Waals surface area contributed by atoms with Crippen LogP contribution in [0, 0.1) is 0 Å². The maximum Gasteiger partial charge on any atom is 0.167 e. The van der Waals surface area contributed by atoms with Gasteiger partial charge >= 0.3 is 0 Å². The Kier molecular flexibility index (Phi) is 6.55. The van der Waals surface area contributed by atoms with E-state index in [1.54, 1.807) is 7.11 Å². The van der Waals surface area contributed by atoms with Crippen LogP contribution in [0.3, 0.4) is 0 Å². The molecule has 0 radical (unpaired) electrons. The Balaban J connectivity index is 2.26. The smallest absolute Gasteiger partial charge is 0.167 e. The van der Waals surface area contributed by atoms with Crippen molar-refractivity contribution in [3.63, 3.8) is 0 Å². The lowest BCUT2D eigenvalue weighted by Gasteiger charge is -2.23. The van der Waals surface area contributed by atoms with Crippen LogP contribution in [0.2, 0.25) is 5.02 Å². The molecule has 0 amide bonds. The molecule has 2 aromatic carbocycles. The number of hydrogen-bond acceptors (Lipinski definition) is 3. The lowest BCUT2D eigenvalue weighted by Crippen LogP contribution is -2.35. The van der Waals surface area contributed by atoms with Gasteiger partial charge in [0.15, 0.2) is 11.5 Å². The van der Waals surface area contributed by atoms with Gasteiger partial charge in [0, 0.05) is 27.1 Å². The molecule has 5 heteroatoms. The largest absolute Gasteiger partial charge is 0.493 e. The number of halogens is 2. The van der Waals surface area contributed by atoms with Gasteiger partial charge in [0.05, 0.1) is 7.11 Å². The summed E-state index contributed by atoms with van der Waals surface area (Å²) in [5.41, 5.74) is 2.05. The van der Waals surface area contributed by atoms with Crippen LogP contribution in [0.15, 0.2) is 40.9 Å². The van der Waals surface area contributed by atoms with Crippen LogP contribution in [0.25, 0.3) is 0 Å². The summed E-state index contributed by atoms with van der Waals surface area (Å²) in [5, 5.41) is 4.19. The van der Waals surface area contributed by atoms with E-state index in [1.807, 2.05) is 36.4 Å². The van der Waals surface area contributed by atoms with Crippen LogP contribution in [0.1, 0.15) is 31.9 Å². The van der Waals surface area contributed by atoms with Gasteiger partial charge in [-0.25, -0.2) is 0 Å². The molecule has 0 heterocycles. The molecule has 0 bridgehead atoms. The molecule has 0 aromatic heterocycles. The van der Waals surface area contributed by atoms with Crippen LogP contribution < -0.4 is 14.8 Å². The molecular formula is C19H23BrClNO2. The molecule has 0 atom stereocenters. The van der Waals surface area contributed by atoms with E-state index < -0.39 is 0 Å². The molecule has 0 aliphatic heterocycles. The quantitative estimate of drug-likeness (QED) is 0.672. The van der Waals surface area contributed by atoms with E-state index in [2.05, 4.69) is 42.0 Å². The minimum atomic E-state index is 0.00669. The molecule has 0 aliphatic carbocycles. The standard InChI is InChI=1S/C19H23BrClNO2/c1-19(2,3)22-11-15-16(20)8-9-17(23-4)18(15)24-12-13-6-5-7-14(21)10-13/h5-10,22H,11-12H2,1-4H3. The Morgan fingerprint density at radius 3 is 2.54 bits per heavy atom. The summed E-state index contributed by atoms with van der Waals surface area (Å²) in [4.78, 5) is 0. The molecule has 0 aliphatic rings. The predicted octanol–water partition coefficient (Wildman–Crippen LogP) is 5.58. The molecular weight excluding hydrogens is 390 g/mol.